The van der Waals surface area contributed by atoms with Crippen LogP contribution < -0.4 is 15.2 Å². The molecule has 1 aliphatic heterocycles. The summed E-state index contributed by atoms with van der Waals surface area (Å²) in [5.41, 5.74) is 6.14. The van der Waals surface area contributed by atoms with Gasteiger partial charge in [-0.05, 0) is 31.2 Å². The molecule has 0 saturated carbocycles. The van der Waals surface area contributed by atoms with Gasteiger partial charge in [-0.3, -0.25) is 0 Å². The van der Waals surface area contributed by atoms with E-state index in [1.165, 1.54) is 0 Å². The number of aryl methyl sites for hydroxylation is 1. The maximum absolute atomic E-state index is 6.14. The van der Waals surface area contributed by atoms with Gasteiger partial charge < -0.3 is 19.6 Å². The van der Waals surface area contributed by atoms with Crippen LogP contribution in [0, 0.1) is 6.92 Å². The fourth-order valence-corrected chi connectivity index (χ4v) is 2.03. The third-order valence-corrected chi connectivity index (χ3v) is 3.02. The molecule has 2 unspecified atom stereocenters. The lowest BCUT2D eigenvalue weighted by molar-refractivity contribution is 0.0665. The van der Waals surface area contributed by atoms with E-state index in [0.717, 1.165) is 23.0 Å². The SMILES string of the molecule is Cc1ccc(C(N)C2COc3ccccc3O2)o1. The number of hydrogen-bond donors (Lipinski definition) is 1. The first kappa shape index (κ1) is 11.2. The first-order valence-corrected chi connectivity index (χ1v) is 5.94. The molecule has 2 atom stereocenters. The van der Waals surface area contributed by atoms with Crippen molar-refractivity contribution in [2.45, 2.75) is 19.1 Å². The predicted molar refractivity (Wildman–Crippen MR) is 66.7 cm³/mol. The van der Waals surface area contributed by atoms with Gasteiger partial charge in [0.1, 0.15) is 24.2 Å². The Morgan fingerprint density at radius 3 is 2.67 bits per heavy atom. The van der Waals surface area contributed by atoms with Crippen molar-refractivity contribution in [2.75, 3.05) is 6.61 Å². The Morgan fingerprint density at radius 1 is 1.17 bits per heavy atom. The van der Waals surface area contributed by atoms with E-state index in [9.17, 15) is 0 Å². The molecular weight excluding hydrogens is 230 g/mol. The van der Waals surface area contributed by atoms with Gasteiger partial charge >= 0.3 is 0 Å². The number of furan rings is 1. The lowest BCUT2D eigenvalue weighted by atomic mass is 10.1. The number of benzene rings is 1. The number of para-hydroxylation sites is 2. The summed E-state index contributed by atoms with van der Waals surface area (Å²) in [4.78, 5) is 0. The van der Waals surface area contributed by atoms with Crippen LogP contribution in [0.1, 0.15) is 17.6 Å². The van der Waals surface area contributed by atoms with E-state index >= 15 is 0 Å². The summed E-state index contributed by atoms with van der Waals surface area (Å²) < 4.78 is 17.0. The summed E-state index contributed by atoms with van der Waals surface area (Å²) in [5, 5.41) is 0. The number of fused-ring (bicyclic) bond motifs is 1. The number of rotatable bonds is 2. The number of ether oxygens (including phenoxy) is 2. The van der Waals surface area contributed by atoms with Crippen molar-refractivity contribution in [3.05, 3.63) is 47.9 Å². The van der Waals surface area contributed by atoms with Gasteiger partial charge in [0, 0.05) is 0 Å². The highest BCUT2D eigenvalue weighted by atomic mass is 16.6. The van der Waals surface area contributed by atoms with Gasteiger partial charge in [0.05, 0.1) is 0 Å². The molecule has 3 rings (SSSR count). The minimum atomic E-state index is -0.327. The Kier molecular flexibility index (Phi) is 2.72. The molecule has 0 bridgehead atoms. The third kappa shape index (κ3) is 1.95. The highest BCUT2D eigenvalue weighted by Crippen LogP contribution is 2.33. The summed E-state index contributed by atoms with van der Waals surface area (Å²) in [6.07, 6.45) is -0.231. The van der Waals surface area contributed by atoms with Gasteiger partial charge in [0.25, 0.3) is 0 Å². The summed E-state index contributed by atoms with van der Waals surface area (Å²) in [7, 11) is 0. The summed E-state index contributed by atoms with van der Waals surface area (Å²) >= 11 is 0. The largest absolute Gasteiger partial charge is 0.486 e. The van der Waals surface area contributed by atoms with Crippen LogP contribution in [0.2, 0.25) is 0 Å². The Hall–Kier alpha value is -1.94. The monoisotopic (exact) mass is 245 g/mol. The zero-order valence-electron chi connectivity index (χ0n) is 10.1. The van der Waals surface area contributed by atoms with Crippen molar-refractivity contribution in [2.24, 2.45) is 5.73 Å². The fraction of sp³-hybridized carbons (Fsp3) is 0.286. The Bertz CT molecular complexity index is 549. The van der Waals surface area contributed by atoms with Gasteiger partial charge in [-0.2, -0.15) is 0 Å². The van der Waals surface area contributed by atoms with Crippen molar-refractivity contribution in [1.29, 1.82) is 0 Å². The topological polar surface area (TPSA) is 57.6 Å². The molecule has 0 saturated heterocycles. The average Bonchev–Trinajstić information content (AvgIpc) is 2.84. The summed E-state index contributed by atoms with van der Waals surface area (Å²) in [6, 6.07) is 11.0. The van der Waals surface area contributed by atoms with Gasteiger partial charge in [0.2, 0.25) is 0 Å². The zero-order chi connectivity index (χ0) is 12.5. The van der Waals surface area contributed by atoms with E-state index in [-0.39, 0.29) is 12.1 Å². The third-order valence-electron chi connectivity index (χ3n) is 3.02. The van der Waals surface area contributed by atoms with Crippen molar-refractivity contribution in [3.63, 3.8) is 0 Å². The van der Waals surface area contributed by atoms with Crippen molar-refractivity contribution >= 4 is 0 Å². The van der Waals surface area contributed by atoms with Crippen molar-refractivity contribution < 1.29 is 13.9 Å². The molecule has 0 amide bonds. The fourth-order valence-electron chi connectivity index (χ4n) is 2.03. The maximum atomic E-state index is 6.14. The molecule has 0 fully saturated rings. The lowest BCUT2D eigenvalue weighted by Crippen LogP contribution is -2.38. The summed E-state index contributed by atoms with van der Waals surface area (Å²) in [6.45, 7) is 2.32. The number of nitrogens with two attached hydrogens (primary N) is 1. The van der Waals surface area contributed by atoms with Crippen LogP contribution in [0.4, 0.5) is 0 Å². The highest BCUT2D eigenvalue weighted by Gasteiger charge is 2.29. The van der Waals surface area contributed by atoms with E-state index < -0.39 is 0 Å². The van der Waals surface area contributed by atoms with Gasteiger partial charge in [-0.25, -0.2) is 0 Å². The number of hydrogen-bond acceptors (Lipinski definition) is 4. The van der Waals surface area contributed by atoms with E-state index in [1.807, 2.05) is 43.3 Å². The van der Waals surface area contributed by atoms with Gasteiger partial charge in [-0.15, -0.1) is 0 Å². The van der Waals surface area contributed by atoms with Crippen LogP contribution >= 0.6 is 0 Å². The molecule has 0 aliphatic carbocycles. The Labute approximate surface area is 105 Å². The molecular formula is C14H15NO3. The Morgan fingerprint density at radius 2 is 1.94 bits per heavy atom. The van der Waals surface area contributed by atoms with Crippen LogP contribution in [-0.4, -0.2) is 12.7 Å². The molecule has 1 aliphatic rings. The molecule has 4 nitrogen and oxygen atoms in total. The van der Waals surface area contributed by atoms with Gasteiger partial charge in [-0.1, -0.05) is 12.1 Å². The van der Waals surface area contributed by atoms with E-state index in [1.54, 1.807) is 0 Å². The highest BCUT2D eigenvalue weighted by molar-refractivity contribution is 5.41. The standard InChI is InChI=1S/C14H15NO3/c1-9-6-7-12(17-9)14(15)13-8-16-10-4-2-3-5-11(10)18-13/h2-7,13-14H,8,15H2,1H3. The first-order chi connectivity index (χ1) is 8.74. The molecule has 18 heavy (non-hydrogen) atoms. The van der Waals surface area contributed by atoms with Gasteiger partial charge in [0.15, 0.2) is 17.6 Å². The molecule has 2 N–H and O–H groups in total. The molecule has 1 aromatic carbocycles. The smallest absolute Gasteiger partial charge is 0.161 e. The second-order valence-corrected chi connectivity index (χ2v) is 4.39. The van der Waals surface area contributed by atoms with Crippen LogP contribution in [-0.2, 0) is 0 Å². The summed E-state index contributed by atoms with van der Waals surface area (Å²) in [5.74, 6) is 3.06. The minimum absolute atomic E-state index is 0.231. The minimum Gasteiger partial charge on any atom is -0.486 e. The molecule has 0 radical (unpaired) electrons. The predicted octanol–water partition coefficient (Wildman–Crippen LogP) is 2.43. The van der Waals surface area contributed by atoms with E-state index in [4.69, 9.17) is 19.6 Å². The van der Waals surface area contributed by atoms with Crippen molar-refractivity contribution in [1.82, 2.24) is 0 Å². The molecule has 0 spiro atoms. The molecule has 4 heteroatoms. The van der Waals surface area contributed by atoms with Crippen LogP contribution in [0.3, 0.4) is 0 Å². The Balaban J connectivity index is 1.79. The van der Waals surface area contributed by atoms with E-state index in [2.05, 4.69) is 0 Å². The first-order valence-electron chi connectivity index (χ1n) is 5.94. The molecule has 1 aromatic heterocycles. The second-order valence-electron chi connectivity index (χ2n) is 4.39. The molecule has 2 heterocycles. The zero-order valence-corrected chi connectivity index (χ0v) is 10.1. The van der Waals surface area contributed by atoms with Crippen molar-refractivity contribution in [3.8, 4) is 11.5 Å². The van der Waals surface area contributed by atoms with Crippen LogP contribution in [0.5, 0.6) is 11.5 Å². The average molecular weight is 245 g/mol. The van der Waals surface area contributed by atoms with E-state index in [0.29, 0.717) is 6.61 Å². The molecule has 94 valence electrons. The lowest BCUT2D eigenvalue weighted by Gasteiger charge is -2.29. The molecule has 2 aromatic rings. The maximum Gasteiger partial charge on any atom is 0.161 e. The van der Waals surface area contributed by atoms with Crippen LogP contribution in [0.15, 0.2) is 40.8 Å². The normalized spacial score (nSPS) is 19.6. The van der Waals surface area contributed by atoms with Crippen LogP contribution in [0.25, 0.3) is 0 Å². The second kappa shape index (κ2) is 4.38. The quantitative estimate of drug-likeness (QED) is 0.882.